The lowest BCUT2D eigenvalue weighted by atomic mass is 9.92. The lowest BCUT2D eigenvalue weighted by Gasteiger charge is -2.34. The third kappa shape index (κ3) is 5.24. The maximum atomic E-state index is 13.8. The van der Waals surface area contributed by atoms with Crippen molar-refractivity contribution in [1.29, 1.82) is 0 Å². The highest BCUT2D eigenvalue weighted by molar-refractivity contribution is 7.90. The summed E-state index contributed by atoms with van der Waals surface area (Å²) >= 11 is 1.09. The average Bonchev–Trinajstić information content (AvgIpc) is 3.48. The van der Waals surface area contributed by atoms with Crippen molar-refractivity contribution in [2.75, 3.05) is 0 Å². The van der Waals surface area contributed by atoms with Crippen LogP contribution in [0.25, 0.3) is 17.0 Å². The van der Waals surface area contributed by atoms with Gasteiger partial charge in [-0.1, -0.05) is 0 Å². The fourth-order valence-electron chi connectivity index (χ4n) is 4.79. The van der Waals surface area contributed by atoms with Gasteiger partial charge in [0.1, 0.15) is 16.9 Å². The van der Waals surface area contributed by atoms with Crippen LogP contribution in [-0.4, -0.2) is 50.0 Å². The van der Waals surface area contributed by atoms with Gasteiger partial charge in [0.2, 0.25) is 0 Å². The topological polar surface area (TPSA) is 141 Å². The number of rotatable bonds is 8. The molecule has 0 spiro atoms. The Balaban J connectivity index is 1.32. The van der Waals surface area contributed by atoms with Gasteiger partial charge in [-0.3, -0.25) is 0 Å². The molecule has 1 aliphatic heterocycles. The highest BCUT2D eigenvalue weighted by Gasteiger charge is 2.38. The Hall–Kier alpha value is -3.30. The molecule has 0 saturated heterocycles. The zero-order valence-corrected chi connectivity index (χ0v) is 22.8. The highest BCUT2D eigenvalue weighted by atomic mass is 32.2. The number of alkyl halides is 3. The van der Waals surface area contributed by atoms with Crippen LogP contribution in [0.15, 0.2) is 48.0 Å². The lowest BCUT2D eigenvalue weighted by molar-refractivity contribution is 0.147. The third-order valence-corrected chi connectivity index (χ3v) is 10.1. The van der Waals surface area contributed by atoms with Crippen molar-refractivity contribution in [3.63, 3.8) is 0 Å². The summed E-state index contributed by atoms with van der Waals surface area (Å²) in [5.74, 6) is 0.238. The van der Waals surface area contributed by atoms with Gasteiger partial charge in [0.15, 0.2) is 11.5 Å². The van der Waals surface area contributed by atoms with Gasteiger partial charge in [0.05, 0.1) is 28.9 Å². The molecule has 10 nitrogen and oxygen atoms in total. The van der Waals surface area contributed by atoms with Crippen molar-refractivity contribution >= 4 is 26.9 Å². The molecule has 40 heavy (non-hydrogen) atoms. The molecular formula is C25H27F3N8O2S2. The minimum atomic E-state index is -3.54. The molecule has 1 atom stereocenters. The first kappa shape index (κ1) is 26.9. The number of aromatic nitrogens is 5. The van der Waals surface area contributed by atoms with Crippen molar-refractivity contribution in [2.24, 2.45) is 5.73 Å². The Labute approximate surface area is 232 Å². The van der Waals surface area contributed by atoms with Gasteiger partial charge in [0.25, 0.3) is 16.4 Å². The molecule has 3 aromatic rings. The lowest BCUT2D eigenvalue weighted by Crippen LogP contribution is -2.50. The van der Waals surface area contributed by atoms with Crippen LogP contribution in [0.4, 0.5) is 13.2 Å². The van der Waals surface area contributed by atoms with Crippen LogP contribution in [0.1, 0.15) is 61.3 Å². The Morgan fingerprint density at radius 2 is 1.95 bits per heavy atom. The van der Waals surface area contributed by atoms with Crippen molar-refractivity contribution < 1.29 is 21.6 Å². The number of allylic oxidation sites excluding steroid dienone is 1. The van der Waals surface area contributed by atoms with E-state index in [1.807, 2.05) is 0 Å². The second-order valence-electron chi connectivity index (χ2n) is 10.2. The van der Waals surface area contributed by atoms with Gasteiger partial charge in [-0.25, -0.2) is 36.5 Å². The Bertz CT molecular complexity index is 1580. The van der Waals surface area contributed by atoms with Crippen molar-refractivity contribution in [3.05, 3.63) is 64.4 Å². The summed E-state index contributed by atoms with van der Waals surface area (Å²) in [4.78, 5) is 13.0. The molecule has 2 fully saturated rings. The molecule has 4 heterocycles. The van der Waals surface area contributed by atoms with Gasteiger partial charge in [0, 0.05) is 35.1 Å². The summed E-state index contributed by atoms with van der Waals surface area (Å²) in [6.07, 6.45) is 7.40. The minimum absolute atomic E-state index is 0.0289. The molecular weight excluding hydrogens is 565 g/mol. The van der Waals surface area contributed by atoms with E-state index in [2.05, 4.69) is 30.7 Å². The molecule has 3 aromatic heterocycles. The zero-order valence-electron chi connectivity index (χ0n) is 21.2. The molecule has 212 valence electrons. The largest absolute Gasteiger partial charge is 0.382 e. The minimum Gasteiger partial charge on any atom is -0.382 e. The van der Waals surface area contributed by atoms with Crippen LogP contribution in [0.2, 0.25) is 0 Å². The summed E-state index contributed by atoms with van der Waals surface area (Å²) in [6.45, 7) is 0. The van der Waals surface area contributed by atoms with Crippen LogP contribution in [0.5, 0.6) is 0 Å². The van der Waals surface area contributed by atoms with Crippen LogP contribution >= 0.6 is 11.3 Å². The number of nitrogens with two attached hydrogens (primary N) is 1. The van der Waals surface area contributed by atoms with E-state index < -0.39 is 33.5 Å². The quantitative estimate of drug-likeness (QED) is 0.358. The number of nitrogens with zero attached hydrogens (tertiary/aromatic N) is 5. The number of dihydropyridines is 1. The van der Waals surface area contributed by atoms with Crippen LogP contribution in [0, 0.1) is 0 Å². The van der Waals surface area contributed by atoms with Gasteiger partial charge in [-0.05, 0) is 50.7 Å². The molecule has 3 aliphatic rings. The van der Waals surface area contributed by atoms with Crippen LogP contribution < -0.4 is 16.4 Å². The van der Waals surface area contributed by atoms with E-state index in [-0.39, 0.29) is 17.6 Å². The molecule has 0 bridgehead atoms. The highest BCUT2D eigenvalue weighted by Crippen LogP contribution is 2.35. The zero-order chi connectivity index (χ0) is 28.1. The van der Waals surface area contributed by atoms with Crippen molar-refractivity contribution in [1.82, 2.24) is 34.8 Å². The van der Waals surface area contributed by atoms with Gasteiger partial charge in [-0.2, -0.15) is 9.19 Å². The maximum absolute atomic E-state index is 13.8. The summed E-state index contributed by atoms with van der Waals surface area (Å²) in [5.41, 5.74) is 7.06. The van der Waals surface area contributed by atoms with E-state index in [0.717, 1.165) is 15.4 Å². The molecule has 0 radical (unpaired) electrons. The maximum Gasteiger partial charge on any atom is 0.281 e. The summed E-state index contributed by atoms with van der Waals surface area (Å²) < 4.78 is 66.3. The second-order valence-corrected chi connectivity index (χ2v) is 13.1. The van der Waals surface area contributed by atoms with E-state index >= 15 is 0 Å². The van der Waals surface area contributed by atoms with Crippen molar-refractivity contribution in [2.45, 2.75) is 68.1 Å². The van der Waals surface area contributed by atoms with E-state index in [1.165, 1.54) is 24.0 Å². The Kier molecular flexibility index (Phi) is 6.91. The number of hydrogen-bond donors (Lipinski definition) is 3. The molecule has 15 heteroatoms. The molecule has 2 aliphatic carbocycles. The molecule has 0 amide bonds. The first-order valence-electron chi connectivity index (χ1n) is 12.9. The van der Waals surface area contributed by atoms with Crippen LogP contribution in [0.3, 0.4) is 0 Å². The molecule has 4 N–H and O–H groups in total. The number of thiazole rings is 1. The Morgan fingerprint density at radius 3 is 2.65 bits per heavy atom. The number of halogens is 3. The van der Waals surface area contributed by atoms with E-state index in [4.69, 9.17) is 5.73 Å². The summed E-state index contributed by atoms with van der Waals surface area (Å²) in [5, 5.41) is 11.8. The van der Waals surface area contributed by atoms with E-state index in [1.54, 1.807) is 18.3 Å². The fraction of sp³-hybridized carbons (Fsp3) is 0.440. The predicted octanol–water partition coefficient (Wildman–Crippen LogP) is 3.58. The van der Waals surface area contributed by atoms with Gasteiger partial charge < -0.3 is 16.4 Å². The monoisotopic (exact) mass is 592 g/mol. The van der Waals surface area contributed by atoms with Crippen molar-refractivity contribution in [3.8, 4) is 11.4 Å². The first-order valence-corrected chi connectivity index (χ1v) is 15.3. The molecule has 2 saturated carbocycles. The third-order valence-electron chi connectivity index (χ3n) is 7.21. The SMILES string of the molecule is NC1(c2ccnc(-c3cnn(S(=O)(=O)C4CC4)c3)n2)C=C(NC2CCC(F)CC2)C(c2nc(C(F)F)cs2)=CN1. The molecule has 0 aromatic carbocycles. The smallest absolute Gasteiger partial charge is 0.281 e. The van der Waals surface area contributed by atoms with Gasteiger partial charge >= 0.3 is 0 Å². The molecule has 1 unspecified atom stereocenters. The summed E-state index contributed by atoms with van der Waals surface area (Å²) in [6, 6.07) is 1.60. The Morgan fingerprint density at radius 1 is 1.18 bits per heavy atom. The van der Waals surface area contributed by atoms with Gasteiger partial charge in [-0.15, -0.1) is 11.3 Å². The first-order chi connectivity index (χ1) is 19.1. The van der Waals surface area contributed by atoms with E-state index in [0.29, 0.717) is 66.1 Å². The average molecular weight is 593 g/mol. The predicted molar refractivity (Wildman–Crippen MR) is 143 cm³/mol. The molecule has 6 rings (SSSR count). The fourth-order valence-corrected chi connectivity index (χ4v) is 7.11. The normalized spacial score (nSPS) is 25.3. The van der Waals surface area contributed by atoms with Crippen LogP contribution in [-0.2, 0) is 15.7 Å². The summed E-state index contributed by atoms with van der Waals surface area (Å²) in [7, 11) is -3.54. The second kappa shape index (κ2) is 10.3. The number of hydrogen-bond acceptors (Lipinski definition) is 10. The van der Waals surface area contributed by atoms with E-state index in [9.17, 15) is 21.6 Å². The number of nitrogens with one attached hydrogen (secondary N) is 2. The standard InChI is InChI=1S/C25H27F3N8O2S2/c26-15-1-3-16(4-2-15)33-19-9-25(29,31-11-18(19)24-34-20(13-39-24)22(27)28)21-7-8-30-23(35-21)14-10-32-36(12-14)40(37,38)17-5-6-17/h7-13,15-17,22,31,33H,1-6,29H2.